The predicted octanol–water partition coefficient (Wildman–Crippen LogP) is 2.98. The van der Waals surface area contributed by atoms with Gasteiger partial charge in [-0.1, -0.05) is 6.07 Å². The Morgan fingerprint density at radius 3 is 2.80 bits per heavy atom. The molecule has 1 aliphatic rings. The molecule has 0 saturated heterocycles. The number of imidazole rings is 1. The number of benzene rings is 1. The first-order chi connectivity index (χ1) is 9.47. The van der Waals surface area contributed by atoms with E-state index in [1.54, 1.807) is 13.1 Å². The molecule has 1 aromatic heterocycles. The largest absolute Gasteiger partial charge is 0.416 e. The molecule has 1 N–H and O–H groups in total. The number of nitrogens with zero attached hydrogens (tertiary/aromatic N) is 2. The van der Waals surface area contributed by atoms with Gasteiger partial charge in [-0.05, 0) is 24.6 Å². The molecule has 0 amide bonds. The number of halogens is 3. The van der Waals surface area contributed by atoms with Gasteiger partial charge in [0, 0.05) is 18.7 Å². The van der Waals surface area contributed by atoms with Crippen LogP contribution in [0.2, 0.25) is 0 Å². The van der Waals surface area contributed by atoms with Crippen molar-refractivity contribution < 1.29 is 13.2 Å². The Bertz CT molecular complexity index is 644. The average molecular weight is 281 g/mol. The van der Waals surface area contributed by atoms with E-state index < -0.39 is 11.7 Å². The molecule has 1 aromatic carbocycles. The Labute approximate surface area is 114 Å². The van der Waals surface area contributed by atoms with E-state index in [4.69, 9.17) is 0 Å². The summed E-state index contributed by atoms with van der Waals surface area (Å²) >= 11 is 0. The van der Waals surface area contributed by atoms with Gasteiger partial charge in [-0.3, -0.25) is 0 Å². The van der Waals surface area contributed by atoms with E-state index in [-0.39, 0.29) is 0 Å². The van der Waals surface area contributed by atoms with Crippen molar-refractivity contribution in [2.75, 3.05) is 6.54 Å². The molecule has 0 aliphatic carbocycles. The van der Waals surface area contributed by atoms with Gasteiger partial charge in [-0.2, -0.15) is 13.2 Å². The molecule has 6 heteroatoms. The predicted molar refractivity (Wildman–Crippen MR) is 69.1 cm³/mol. The van der Waals surface area contributed by atoms with Gasteiger partial charge in [0.2, 0.25) is 0 Å². The number of alkyl halides is 3. The standard InChI is InChI=1S/C14H14F3N3/c1-9-6-10(14(15,16)17)2-3-11(9)12-7-19-13-8-18-4-5-20(12)13/h2-3,6-7,18H,4-5,8H2,1H3. The molecule has 3 rings (SSSR count). The Kier molecular flexibility index (Phi) is 3.05. The zero-order valence-corrected chi connectivity index (χ0v) is 11.0. The maximum absolute atomic E-state index is 12.7. The number of nitrogens with one attached hydrogen (secondary N) is 1. The zero-order valence-electron chi connectivity index (χ0n) is 11.0. The minimum Gasteiger partial charge on any atom is -0.326 e. The Hall–Kier alpha value is -1.82. The zero-order chi connectivity index (χ0) is 14.3. The lowest BCUT2D eigenvalue weighted by Crippen LogP contribution is -2.28. The van der Waals surface area contributed by atoms with Crippen LogP contribution in [0.25, 0.3) is 11.3 Å². The fourth-order valence-electron chi connectivity index (χ4n) is 2.54. The van der Waals surface area contributed by atoms with Gasteiger partial charge in [-0.15, -0.1) is 0 Å². The van der Waals surface area contributed by atoms with Crippen molar-refractivity contribution in [2.45, 2.75) is 26.2 Å². The van der Waals surface area contributed by atoms with Crippen LogP contribution in [0.5, 0.6) is 0 Å². The molecule has 2 aromatic rings. The van der Waals surface area contributed by atoms with Crippen LogP contribution in [-0.4, -0.2) is 16.1 Å². The number of aryl methyl sites for hydroxylation is 1. The first-order valence-corrected chi connectivity index (χ1v) is 6.40. The molecule has 0 unspecified atom stereocenters. The van der Waals surface area contributed by atoms with Crippen molar-refractivity contribution in [1.29, 1.82) is 0 Å². The third kappa shape index (κ3) is 2.20. The van der Waals surface area contributed by atoms with E-state index in [0.29, 0.717) is 12.1 Å². The van der Waals surface area contributed by atoms with Crippen LogP contribution in [0.4, 0.5) is 13.2 Å². The monoisotopic (exact) mass is 281 g/mol. The van der Waals surface area contributed by atoms with Crippen LogP contribution in [0.15, 0.2) is 24.4 Å². The van der Waals surface area contributed by atoms with E-state index >= 15 is 0 Å². The molecule has 2 heterocycles. The third-order valence-electron chi connectivity index (χ3n) is 3.56. The molecule has 0 saturated carbocycles. The first-order valence-electron chi connectivity index (χ1n) is 6.40. The first kappa shape index (κ1) is 13.2. The van der Waals surface area contributed by atoms with E-state index in [2.05, 4.69) is 14.9 Å². The van der Waals surface area contributed by atoms with Crippen LogP contribution in [0.3, 0.4) is 0 Å². The maximum Gasteiger partial charge on any atom is 0.416 e. The number of aromatic nitrogens is 2. The minimum absolute atomic E-state index is 0.612. The number of hydrogen-bond donors (Lipinski definition) is 1. The Morgan fingerprint density at radius 1 is 1.30 bits per heavy atom. The normalized spacial score (nSPS) is 15.2. The fourth-order valence-corrected chi connectivity index (χ4v) is 2.54. The van der Waals surface area contributed by atoms with Gasteiger partial charge in [-0.25, -0.2) is 4.98 Å². The third-order valence-corrected chi connectivity index (χ3v) is 3.56. The van der Waals surface area contributed by atoms with Crippen LogP contribution < -0.4 is 5.32 Å². The van der Waals surface area contributed by atoms with E-state index in [0.717, 1.165) is 36.2 Å². The van der Waals surface area contributed by atoms with Gasteiger partial charge >= 0.3 is 6.18 Å². The van der Waals surface area contributed by atoms with Gasteiger partial charge < -0.3 is 9.88 Å². The fraction of sp³-hybridized carbons (Fsp3) is 0.357. The van der Waals surface area contributed by atoms with Gasteiger partial charge in [0.15, 0.2) is 0 Å². The molecule has 1 aliphatic heterocycles. The Morgan fingerprint density at radius 2 is 2.10 bits per heavy atom. The van der Waals surface area contributed by atoms with Crippen LogP contribution in [0, 0.1) is 6.92 Å². The lowest BCUT2D eigenvalue weighted by atomic mass is 10.0. The van der Waals surface area contributed by atoms with Crippen molar-refractivity contribution in [1.82, 2.24) is 14.9 Å². The molecule has 0 spiro atoms. The highest BCUT2D eigenvalue weighted by Gasteiger charge is 2.31. The molecule has 0 radical (unpaired) electrons. The second kappa shape index (κ2) is 4.63. The summed E-state index contributed by atoms with van der Waals surface area (Å²) in [5, 5.41) is 3.22. The van der Waals surface area contributed by atoms with Crippen LogP contribution >= 0.6 is 0 Å². The highest BCUT2D eigenvalue weighted by molar-refractivity contribution is 5.64. The van der Waals surface area contributed by atoms with E-state index in [9.17, 15) is 13.2 Å². The highest BCUT2D eigenvalue weighted by Crippen LogP contribution is 2.33. The average Bonchev–Trinajstić information content (AvgIpc) is 2.81. The van der Waals surface area contributed by atoms with E-state index in [1.807, 2.05) is 0 Å². The van der Waals surface area contributed by atoms with Crippen LogP contribution in [-0.2, 0) is 19.3 Å². The molecule has 106 valence electrons. The summed E-state index contributed by atoms with van der Waals surface area (Å²) in [5.74, 6) is 0.922. The highest BCUT2D eigenvalue weighted by atomic mass is 19.4. The van der Waals surface area contributed by atoms with Crippen molar-refractivity contribution in [3.8, 4) is 11.3 Å². The minimum atomic E-state index is -4.30. The number of rotatable bonds is 1. The molecule has 0 bridgehead atoms. The maximum atomic E-state index is 12.7. The smallest absolute Gasteiger partial charge is 0.326 e. The second-order valence-electron chi connectivity index (χ2n) is 4.92. The second-order valence-corrected chi connectivity index (χ2v) is 4.92. The van der Waals surface area contributed by atoms with Gasteiger partial charge in [0.05, 0.1) is 24.0 Å². The summed E-state index contributed by atoms with van der Waals surface area (Å²) < 4.78 is 40.1. The number of hydrogen-bond acceptors (Lipinski definition) is 2. The van der Waals surface area contributed by atoms with E-state index in [1.165, 1.54) is 12.1 Å². The molecule has 0 atom stereocenters. The molecular formula is C14H14F3N3. The molecular weight excluding hydrogens is 267 g/mol. The van der Waals surface area contributed by atoms with Crippen molar-refractivity contribution in [3.05, 3.63) is 41.3 Å². The number of fused-ring (bicyclic) bond motifs is 1. The van der Waals surface area contributed by atoms with Crippen molar-refractivity contribution >= 4 is 0 Å². The Balaban J connectivity index is 2.05. The van der Waals surface area contributed by atoms with Gasteiger partial charge in [0.1, 0.15) is 5.82 Å². The van der Waals surface area contributed by atoms with Crippen molar-refractivity contribution in [3.63, 3.8) is 0 Å². The lowest BCUT2D eigenvalue weighted by Gasteiger charge is -2.18. The lowest BCUT2D eigenvalue weighted by molar-refractivity contribution is -0.137. The molecule has 0 fully saturated rings. The summed E-state index contributed by atoms with van der Waals surface area (Å²) in [6.45, 7) is 4.02. The summed E-state index contributed by atoms with van der Waals surface area (Å²) in [6, 6.07) is 3.85. The SMILES string of the molecule is Cc1cc(C(F)(F)F)ccc1-c1cnc2n1CCNC2. The van der Waals surface area contributed by atoms with Gasteiger partial charge in [0.25, 0.3) is 0 Å². The molecule has 20 heavy (non-hydrogen) atoms. The quantitative estimate of drug-likeness (QED) is 0.871. The summed E-state index contributed by atoms with van der Waals surface area (Å²) in [6.07, 6.45) is -2.57. The summed E-state index contributed by atoms with van der Waals surface area (Å²) in [5.41, 5.74) is 1.69. The topological polar surface area (TPSA) is 29.9 Å². The van der Waals surface area contributed by atoms with Crippen molar-refractivity contribution in [2.24, 2.45) is 0 Å². The van der Waals surface area contributed by atoms with Crippen LogP contribution in [0.1, 0.15) is 17.0 Å². The summed E-state index contributed by atoms with van der Waals surface area (Å²) in [4.78, 5) is 4.32. The summed E-state index contributed by atoms with van der Waals surface area (Å²) in [7, 11) is 0. The molecule has 3 nitrogen and oxygen atoms in total.